The minimum Gasteiger partial charge on any atom is -0.507 e. The van der Waals surface area contributed by atoms with Gasteiger partial charge >= 0.3 is 0 Å². The molecule has 0 bridgehead atoms. The highest BCUT2D eigenvalue weighted by Crippen LogP contribution is 2.31. The van der Waals surface area contributed by atoms with Crippen molar-refractivity contribution in [2.45, 2.75) is 57.7 Å². The van der Waals surface area contributed by atoms with Gasteiger partial charge in [0.05, 0.1) is 23.8 Å². The molecule has 0 aliphatic carbocycles. The Hall–Kier alpha value is -3.07. The van der Waals surface area contributed by atoms with E-state index in [4.69, 9.17) is 16.9 Å². The van der Waals surface area contributed by atoms with Crippen molar-refractivity contribution in [2.24, 2.45) is 21.6 Å². The van der Waals surface area contributed by atoms with Crippen LogP contribution in [0.4, 0.5) is 0 Å². The topological polar surface area (TPSA) is 148 Å². The second-order valence-electron chi connectivity index (χ2n) is 9.26. The van der Waals surface area contributed by atoms with Crippen molar-refractivity contribution in [1.29, 1.82) is 5.41 Å². The Morgan fingerprint density at radius 2 is 1.87 bits per heavy atom. The summed E-state index contributed by atoms with van der Waals surface area (Å²) in [7, 11) is 3.59. The van der Waals surface area contributed by atoms with Gasteiger partial charge in [0, 0.05) is 42.3 Å². The lowest BCUT2D eigenvalue weighted by Crippen LogP contribution is -2.62. The predicted octanol–water partition coefficient (Wildman–Crippen LogP) is 1.78. The molecule has 1 aliphatic rings. The molecule has 0 aromatic heterocycles. The van der Waals surface area contributed by atoms with Crippen LogP contribution in [0.3, 0.4) is 0 Å². The van der Waals surface area contributed by atoms with Crippen LogP contribution in [-0.2, 0) is 0 Å². The third-order valence-electron chi connectivity index (χ3n) is 5.36. The number of phenolic OH excluding ortho intramolecular Hbond substituents is 1. The number of nitrogens with one attached hydrogen (secondary N) is 3. The summed E-state index contributed by atoms with van der Waals surface area (Å²) >= 11 is 0. The highest BCUT2D eigenvalue weighted by atomic mass is 16.3. The van der Waals surface area contributed by atoms with Crippen molar-refractivity contribution in [2.75, 3.05) is 14.1 Å². The molecule has 0 unspecified atom stereocenters. The van der Waals surface area contributed by atoms with Crippen LogP contribution in [0.25, 0.3) is 5.70 Å². The molecule has 0 atom stereocenters. The van der Waals surface area contributed by atoms with Gasteiger partial charge in [-0.3, -0.25) is 5.41 Å². The number of rotatable bonds is 6. The number of benzene rings is 1. The Balaban J connectivity index is 2.17. The molecule has 0 saturated carbocycles. The number of hydrazone groups is 1. The number of piperidine rings is 1. The van der Waals surface area contributed by atoms with Gasteiger partial charge in [-0.15, -0.1) is 0 Å². The molecule has 1 fully saturated rings. The average Bonchev–Trinajstić information content (AvgIpc) is 2.66. The van der Waals surface area contributed by atoms with E-state index in [0.29, 0.717) is 17.1 Å². The van der Waals surface area contributed by atoms with E-state index < -0.39 is 0 Å². The van der Waals surface area contributed by atoms with Gasteiger partial charge in [0.25, 0.3) is 0 Å². The maximum Gasteiger partial charge on any atom is 0.195 e. The average molecular weight is 429 g/mol. The Bertz CT molecular complexity index is 885. The molecule has 1 aromatic carbocycles. The SMILES string of the molecule is CN/N=C\C(=N)c1ccc(/C(N)=C/N=C(N)N(C)C2CC(C)(C)NC(C)(C)C2)c(O)c1. The number of nitrogens with two attached hydrogens (primary N) is 2. The Kier molecular flexibility index (Phi) is 7.32. The van der Waals surface area contributed by atoms with Gasteiger partial charge in [-0.1, -0.05) is 6.07 Å². The van der Waals surface area contributed by atoms with E-state index in [1.165, 1.54) is 18.5 Å². The molecule has 0 spiro atoms. The molecule has 1 heterocycles. The highest BCUT2D eigenvalue weighted by Gasteiger charge is 2.39. The summed E-state index contributed by atoms with van der Waals surface area (Å²) in [6.45, 7) is 8.76. The summed E-state index contributed by atoms with van der Waals surface area (Å²) in [5.74, 6) is 0.320. The second kappa shape index (κ2) is 9.38. The smallest absolute Gasteiger partial charge is 0.195 e. The lowest BCUT2D eigenvalue weighted by Gasteiger charge is -2.49. The van der Waals surface area contributed by atoms with Crippen molar-refractivity contribution in [3.63, 3.8) is 0 Å². The van der Waals surface area contributed by atoms with Gasteiger partial charge in [-0.25, -0.2) is 4.99 Å². The molecule has 1 saturated heterocycles. The number of nitrogens with zero attached hydrogens (tertiary/aromatic N) is 3. The molecule has 2 rings (SSSR count). The molecule has 9 heteroatoms. The second-order valence-corrected chi connectivity index (χ2v) is 9.26. The third-order valence-corrected chi connectivity index (χ3v) is 5.36. The Morgan fingerprint density at radius 3 is 2.42 bits per heavy atom. The van der Waals surface area contributed by atoms with Gasteiger partial charge in [0.15, 0.2) is 5.96 Å². The number of hydrogen-bond acceptors (Lipinski definition) is 7. The molecule has 31 heavy (non-hydrogen) atoms. The van der Waals surface area contributed by atoms with Crippen LogP contribution in [0.15, 0.2) is 34.5 Å². The first-order valence-electron chi connectivity index (χ1n) is 10.3. The van der Waals surface area contributed by atoms with E-state index in [0.717, 1.165) is 12.8 Å². The summed E-state index contributed by atoms with van der Waals surface area (Å²) in [6.07, 6.45) is 4.68. The van der Waals surface area contributed by atoms with E-state index in [-0.39, 0.29) is 34.3 Å². The number of hydrogen-bond donors (Lipinski definition) is 6. The first-order chi connectivity index (χ1) is 14.3. The molecular weight excluding hydrogens is 392 g/mol. The third kappa shape index (κ3) is 6.45. The lowest BCUT2D eigenvalue weighted by atomic mass is 9.79. The maximum absolute atomic E-state index is 10.4. The van der Waals surface area contributed by atoms with Crippen LogP contribution in [0.1, 0.15) is 51.7 Å². The predicted molar refractivity (Wildman–Crippen MR) is 128 cm³/mol. The van der Waals surface area contributed by atoms with Crippen LogP contribution in [-0.4, -0.2) is 59.1 Å². The molecule has 8 N–H and O–H groups in total. The maximum atomic E-state index is 10.4. The van der Waals surface area contributed by atoms with Crippen LogP contribution in [0.2, 0.25) is 0 Å². The van der Waals surface area contributed by atoms with E-state index >= 15 is 0 Å². The summed E-state index contributed by atoms with van der Waals surface area (Å²) in [5, 5.41) is 25.8. The molecule has 0 amide bonds. The van der Waals surface area contributed by atoms with Crippen molar-refractivity contribution in [3.8, 4) is 5.75 Å². The first-order valence-corrected chi connectivity index (χ1v) is 10.3. The van der Waals surface area contributed by atoms with Crippen molar-refractivity contribution in [3.05, 3.63) is 35.5 Å². The minimum atomic E-state index is -0.0437. The monoisotopic (exact) mass is 428 g/mol. The Labute approximate surface area is 184 Å². The fourth-order valence-corrected chi connectivity index (χ4v) is 4.17. The van der Waals surface area contributed by atoms with Gasteiger partial charge < -0.3 is 32.2 Å². The van der Waals surface area contributed by atoms with Crippen LogP contribution >= 0.6 is 0 Å². The largest absolute Gasteiger partial charge is 0.507 e. The Morgan fingerprint density at radius 1 is 1.26 bits per heavy atom. The van der Waals surface area contributed by atoms with E-state index in [1.54, 1.807) is 19.2 Å². The van der Waals surface area contributed by atoms with Crippen molar-refractivity contribution < 1.29 is 5.11 Å². The molecule has 1 aromatic rings. The van der Waals surface area contributed by atoms with E-state index in [2.05, 4.69) is 48.5 Å². The standard InChI is InChI=1S/C22H36N8O/c1-21(2)10-15(11-22(3,4)29-21)30(6)20(25)27-12-18(24)16-8-7-14(9-19(16)31)17(23)13-28-26-5/h7-9,12-13,15,23,26,29,31H,10-11,24H2,1-6H3,(H2,25,27)/b18-12-,23-17?,28-13-. The molecule has 9 nitrogen and oxygen atoms in total. The fraction of sp³-hybridized carbons (Fsp3) is 0.500. The van der Waals surface area contributed by atoms with Gasteiger partial charge in [-0.2, -0.15) is 5.10 Å². The number of aliphatic imine (C=N–C) groups is 1. The van der Waals surface area contributed by atoms with Crippen LogP contribution in [0, 0.1) is 5.41 Å². The zero-order chi connectivity index (χ0) is 23.4. The summed E-state index contributed by atoms with van der Waals surface area (Å²) in [5.41, 5.74) is 16.3. The first kappa shape index (κ1) is 24.2. The molecule has 1 aliphatic heterocycles. The number of phenols is 1. The molecule has 0 radical (unpaired) electrons. The summed E-state index contributed by atoms with van der Waals surface area (Å²) < 4.78 is 0. The zero-order valence-electron chi connectivity index (χ0n) is 19.3. The van der Waals surface area contributed by atoms with E-state index in [1.807, 2.05) is 11.9 Å². The minimum absolute atomic E-state index is 0.00498. The van der Waals surface area contributed by atoms with Crippen molar-refractivity contribution >= 4 is 23.6 Å². The van der Waals surface area contributed by atoms with Crippen LogP contribution in [0.5, 0.6) is 5.75 Å². The molecular formula is C22H36N8O. The highest BCUT2D eigenvalue weighted by molar-refractivity contribution is 6.36. The van der Waals surface area contributed by atoms with Gasteiger partial charge in [0.1, 0.15) is 5.75 Å². The quantitative estimate of drug-likeness (QED) is 0.231. The van der Waals surface area contributed by atoms with Crippen LogP contribution < -0.4 is 22.2 Å². The van der Waals surface area contributed by atoms with Crippen molar-refractivity contribution in [1.82, 2.24) is 15.6 Å². The summed E-state index contributed by atoms with van der Waals surface area (Å²) in [6, 6.07) is 5.05. The van der Waals surface area contributed by atoms with Gasteiger partial charge in [-0.05, 0) is 52.7 Å². The van der Waals surface area contributed by atoms with E-state index in [9.17, 15) is 5.11 Å². The molecule has 170 valence electrons. The zero-order valence-corrected chi connectivity index (χ0v) is 19.3. The van der Waals surface area contributed by atoms with Gasteiger partial charge in [0.2, 0.25) is 0 Å². The normalized spacial score (nSPS) is 19.4. The summed E-state index contributed by atoms with van der Waals surface area (Å²) in [4.78, 5) is 6.33. The fourth-order valence-electron chi connectivity index (χ4n) is 4.17. The lowest BCUT2D eigenvalue weighted by molar-refractivity contribution is 0.113. The number of aromatic hydroxyl groups is 1. The number of guanidine groups is 1.